The van der Waals surface area contributed by atoms with Gasteiger partial charge >= 0.3 is 0 Å². The minimum absolute atomic E-state index is 0.636. The Morgan fingerprint density at radius 2 is 2.00 bits per heavy atom. The first kappa shape index (κ1) is 10.8. The molecule has 0 aliphatic carbocycles. The third-order valence-electron chi connectivity index (χ3n) is 1.77. The molecule has 2 heteroatoms. The molecule has 1 heterocycles. The Kier molecular flexibility index (Phi) is 4.76. The van der Waals surface area contributed by atoms with E-state index in [0.29, 0.717) is 12.5 Å². The Hall–Kier alpha value is -1.31. The third kappa shape index (κ3) is 4.65. The molecule has 0 aliphatic heterocycles. The molecule has 0 bridgehead atoms. The fraction of sp³-hybridized carbons (Fsp3) is 0.417. The SMILES string of the molecule is CC(C)C/C=C/COc1ccncc1. The monoisotopic (exact) mass is 191 g/mol. The Bertz CT molecular complexity index is 267. The highest BCUT2D eigenvalue weighted by atomic mass is 16.5. The Balaban J connectivity index is 2.19. The van der Waals surface area contributed by atoms with Crippen LogP contribution in [0, 0.1) is 5.92 Å². The molecule has 0 saturated carbocycles. The van der Waals surface area contributed by atoms with Gasteiger partial charge in [0.2, 0.25) is 0 Å². The third-order valence-corrected chi connectivity index (χ3v) is 1.77. The van der Waals surface area contributed by atoms with Gasteiger partial charge in [-0.25, -0.2) is 0 Å². The van der Waals surface area contributed by atoms with Gasteiger partial charge in [0.25, 0.3) is 0 Å². The average molecular weight is 191 g/mol. The number of rotatable bonds is 5. The summed E-state index contributed by atoms with van der Waals surface area (Å²) in [6.45, 7) is 5.04. The molecule has 1 aromatic heterocycles. The van der Waals surface area contributed by atoms with Gasteiger partial charge in [-0.2, -0.15) is 0 Å². The molecule has 76 valence electrons. The van der Waals surface area contributed by atoms with Gasteiger partial charge in [-0.1, -0.05) is 26.0 Å². The summed E-state index contributed by atoms with van der Waals surface area (Å²) in [4.78, 5) is 3.91. The van der Waals surface area contributed by atoms with E-state index in [0.717, 1.165) is 12.2 Å². The maximum Gasteiger partial charge on any atom is 0.122 e. The molecule has 0 saturated heterocycles. The van der Waals surface area contributed by atoms with Crippen LogP contribution in [-0.2, 0) is 0 Å². The first-order valence-electron chi connectivity index (χ1n) is 4.97. The zero-order chi connectivity index (χ0) is 10.2. The molecule has 14 heavy (non-hydrogen) atoms. The van der Waals surface area contributed by atoms with Crippen molar-refractivity contribution in [2.24, 2.45) is 5.92 Å². The van der Waals surface area contributed by atoms with Crippen molar-refractivity contribution in [3.05, 3.63) is 36.7 Å². The lowest BCUT2D eigenvalue weighted by Gasteiger charge is -2.01. The fourth-order valence-corrected chi connectivity index (χ4v) is 1.02. The number of pyridine rings is 1. The van der Waals surface area contributed by atoms with Crippen molar-refractivity contribution in [3.63, 3.8) is 0 Å². The summed E-state index contributed by atoms with van der Waals surface area (Å²) in [5.41, 5.74) is 0. The first-order valence-corrected chi connectivity index (χ1v) is 4.97. The van der Waals surface area contributed by atoms with Crippen LogP contribution in [0.1, 0.15) is 20.3 Å². The van der Waals surface area contributed by atoms with Crippen LogP contribution in [0.5, 0.6) is 5.75 Å². The van der Waals surface area contributed by atoms with Crippen LogP contribution >= 0.6 is 0 Å². The summed E-state index contributed by atoms with van der Waals surface area (Å²) >= 11 is 0. The molecule has 0 spiro atoms. The lowest BCUT2D eigenvalue weighted by atomic mass is 10.1. The molecule has 0 amide bonds. The minimum atomic E-state index is 0.636. The van der Waals surface area contributed by atoms with E-state index in [9.17, 15) is 0 Å². The van der Waals surface area contributed by atoms with Crippen molar-refractivity contribution in [3.8, 4) is 5.75 Å². The van der Waals surface area contributed by atoms with E-state index in [-0.39, 0.29) is 0 Å². The summed E-state index contributed by atoms with van der Waals surface area (Å²) in [5, 5.41) is 0. The van der Waals surface area contributed by atoms with Gasteiger partial charge in [0.15, 0.2) is 0 Å². The zero-order valence-electron chi connectivity index (χ0n) is 8.81. The van der Waals surface area contributed by atoms with Crippen LogP contribution in [0.25, 0.3) is 0 Å². The molecule has 0 N–H and O–H groups in total. The number of nitrogens with zero attached hydrogens (tertiary/aromatic N) is 1. The minimum Gasteiger partial charge on any atom is -0.489 e. The Labute approximate surface area is 85.6 Å². The van der Waals surface area contributed by atoms with Crippen molar-refractivity contribution >= 4 is 0 Å². The van der Waals surface area contributed by atoms with Gasteiger partial charge in [0, 0.05) is 12.4 Å². The van der Waals surface area contributed by atoms with E-state index in [4.69, 9.17) is 4.74 Å². The van der Waals surface area contributed by atoms with Crippen molar-refractivity contribution < 1.29 is 4.74 Å². The van der Waals surface area contributed by atoms with E-state index in [1.54, 1.807) is 12.4 Å². The number of ether oxygens (including phenoxy) is 1. The van der Waals surface area contributed by atoms with E-state index >= 15 is 0 Å². The van der Waals surface area contributed by atoms with Crippen molar-refractivity contribution in [2.75, 3.05) is 6.61 Å². The summed E-state index contributed by atoms with van der Waals surface area (Å²) in [7, 11) is 0. The van der Waals surface area contributed by atoms with E-state index in [2.05, 4.69) is 31.0 Å². The van der Waals surface area contributed by atoms with E-state index in [1.807, 2.05) is 12.1 Å². The van der Waals surface area contributed by atoms with Crippen LogP contribution < -0.4 is 4.74 Å². The summed E-state index contributed by atoms with van der Waals surface area (Å²) in [6, 6.07) is 3.71. The number of hydrogen-bond donors (Lipinski definition) is 0. The van der Waals surface area contributed by atoms with Crippen molar-refractivity contribution in [1.82, 2.24) is 4.98 Å². The quantitative estimate of drug-likeness (QED) is 0.667. The lowest BCUT2D eigenvalue weighted by molar-refractivity contribution is 0.362. The Morgan fingerprint density at radius 3 is 2.64 bits per heavy atom. The van der Waals surface area contributed by atoms with Gasteiger partial charge < -0.3 is 4.74 Å². The second-order valence-electron chi connectivity index (χ2n) is 3.59. The smallest absolute Gasteiger partial charge is 0.122 e. The van der Waals surface area contributed by atoms with Gasteiger partial charge in [0.1, 0.15) is 12.4 Å². The van der Waals surface area contributed by atoms with Gasteiger partial charge in [-0.05, 0) is 24.5 Å². The maximum absolute atomic E-state index is 5.46. The molecular weight excluding hydrogens is 174 g/mol. The average Bonchev–Trinajstić information content (AvgIpc) is 2.18. The lowest BCUT2D eigenvalue weighted by Crippen LogP contribution is -1.93. The topological polar surface area (TPSA) is 22.1 Å². The predicted octanol–water partition coefficient (Wildman–Crippen LogP) is 3.06. The van der Waals surface area contributed by atoms with Crippen molar-refractivity contribution in [1.29, 1.82) is 0 Å². The molecule has 1 rings (SSSR count). The summed E-state index contributed by atoms with van der Waals surface area (Å²) < 4.78 is 5.46. The van der Waals surface area contributed by atoms with Crippen molar-refractivity contribution in [2.45, 2.75) is 20.3 Å². The van der Waals surface area contributed by atoms with Crippen LogP contribution in [-0.4, -0.2) is 11.6 Å². The molecule has 0 aromatic carbocycles. The molecule has 0 atom stereocenters. The fourth-order valence-electron chi connectivity index (χ4n) is 1.02. The normalized spacial score (nSPS) is 11.1. The van der Waals surface area contributed by atoms with Gasteiger partial charge in [0.05, 0.1) is 0 Å². The maximum atomic E-state index is 5.46. The number of allylic oxidation sites excluding steroid dienone is 1. The first-order chi connectivity index (χ1) is 6.79. The number of hydrogen-bond acceptors (Lipinski definition) is 2. The van der Waals surface area contributed by atoms with Crippen LogP contribution in [0.2, 0.25) is 0 Å². The second-order valence-corrected chi connectivity index (χ2v) is 3.59. The van der Waals surface area contributed by atoms with E-state index in [1.165, 1.54) is 0 Å². The largest absolute Gasteiger partial charge is 0.489 e. The molecular formula is C12H17NO. The van der Waals surface area contributed by atoms with Crippen LogP contribution in [0.15, 0.2) is 36.7 Å². The zero-order valence-corrected chi connectivity index (χ0v) is 8.81. The standard InChI is InChI=1S/C12H17NO/c1-11(2)5-3-4-10-14-12-6-8-13-9-7-12/h3-4,6-9,11H,5,10H2,1-2H3/b4-3+. The van der Waals surface area contributed by atoms with Crippen LogP contribution in [0.3, 0.4) is 0 Å². The highest BCUT2D eigenvalue weighted by molar-refractivity contribution is 5.17. The highest BCUT2D eigenvalue weighted by Gasteiger charge is 1.89. The van der Waals surface area contributed by atoms with Gasteiger partial charge in [-0.15, -0.1) is 0 Å². The summed E-state index contributed by atoms with van der Waals surface area (Å²) in [5.74, 6) is 1.58. The summed E-state index contributed by atoms with van der Waals surface area (Å²) in [6.07, 6.45) is 8.78. The van der Waals surface area contributed by atoms with Gasteiger partial charge in [-0.3, -0.25) is 4.98 Å². The van der Waals surface area contributed by atoms with E-state index < -0.39 is 0 Å². The predicted molar refractivity (Wildman–Crippen MR) is 58.3 cm³/mol. The molecule has 0 radical (unpaired) electrons. The Morgan fingerprint density at radius 1 is 1.29 bits per heavy atom. The second kappa shape index (κ2) is 6.19. The molecule has 0 unspecified atom stereocenters. The molecule has 0 aliphatic rings. The molecule has 1 aromatic rings. The molecule has 0 fully saturated rings. The number of aromatic nitrogens is 1. The van der Waals surface area contributed by atoms with Crippen LogP contribution in [0.4, 0.5) is 0 Å². The highest BCUT2D eigenvalue weighted by Crippen LogP contribution is 2.06. The molecule has 2 nitrogen and oxygen atoms in total.